The summed E-state index contributed by atoms with van der Waals surface area (Å²) in [5, 5.41) is 0.318. The molecule has 0 fully saturated rings. The lowest BCUT2D eigenvalue weighted by Gasteiger charge is -2.13. The van der Waals surface area contributed by atoms with Crippen LogP contribution >= 0.6 is 23.5 Å². The minimum absolute atomic E-state index is 0.0967. The maximum absolute atomic E-state index is 13.2. The molecule has 1 aromatic carbocycles. The molecule has 3 rings (SSSR count). The fourth-order valence-corrected chi connectivity index (χ4v) is 3.10. The average Bonchev–Trinajstić information content (AvgIpc) is 2.99. The highest BCUT2D eigenvalue weighted by Crippen LogP contribution is 2.33. The summed E-state index contributed by atoms with van der Waals surface area (Å²) in [6, 6.07) is 7.01. The van der Waals surface area contributed by atoms with Gasteiger partial charge in [-0.3, -0.25) is 4.57 Å². The number of rotatable bonds is 4. The molecule has 0 spiro atoms. The van der Waals surface area contributed by atoms with Crippen molar-refractivity contribution in [1.29, 1.82) is 0 Å². The zero-order valence-electron chi connectivity index (χ0n) is 12.7. The molecule has 0 bridgehead atoms. The van der Waals surface area contributed by atoms with Crippen molar-refractivity contribution in [2.24, 2.45) is 0 Å². The van der Waals surface area contributed by atoms with Crippen molar-refractivity contribution in [2.45, 2.75) is 11.2 Å². The smallest absolute Gasteiger partial charge is 0.324 e. The molecule has 2 aromatic heterocycles. The van der Waals surface area contributed by atoms with Crippen molar-refractivity contribution in [3.63, 3.8) is 0 Å². The topological polar surface area (TPSA) is 29.9 Å². The van der Waals surface area contributed by atoms with Crippen LogP contribution in [0.3, 0.4) is 0 Å². The van der Waals surface area contributed by atoms with Gasteiger partial charge in [0.25, 0.3) is 0 Å². The zero-order chi connectivity index (χ0) is 18.9. The van der Waals surface area contributed by atoms with Crippen LogP contribution in [0.2, 0.25) is 5.02 Å². The number of nitrogens with zero attached hydrogens (tertiary/aromatic N) is 2. The molecule has 0 atom stereocenters. The van der Waals surface area contributed by atoms with Gasteiger partial charge in [-0.15, -0.1) is 0 Å². The normalized spacial score (nSPS) is 11.6. The number of pyridine rings is 1. The molecule has 0 aliphatic rings. The van der Waals surface area contributed by atoms with E-state index in [0.29, 0.717) is 11.2 Å². The van der Waals surface area contributed by atoms with Gasteiger partial charge in [0, 0.05) is 30.4 Å². The Morgan fingerprint density at radius 3 is 2.38 bits per heavy atom. The van der Waals surface area contributed by atoms with E-state index in [1.165, 1.54) is 4.57 Å². The first-order chi connectivity index (χ1) is 12.2. The van der Waals surface area contributed by atoms with Gasteiger partial charge in [-0.1, -0.05) is 11.6 Å². The van der Waals surface area contributed by atoms with E-state index in [2.05, 4.69) is 9.71 Å². The predicted molar refractivity (Wildman–Crippen MR) is 89.4 cm³/mol. The van der Waals surface area contributed by atoms with Crippen LogP contribution in [0.15, 0.2) is 53.8 Å². The number of hydrogen-bond donors (Lipinski definition) is 1. The first-order valence-corrected chi connectivity index (χ1v) is 8.23. The summed E-state index contributed by atoms with van der Waals surface area (Å²) in [5.41, 5.74) is -0.771. The van der Waals surface area contributed by atoms with Gasteiger partial charge in [0.15, 0.2) is 5.82 Å². The molecule has 1 N–H and O–H groups in total. The zero-order valence-corrected chi connectivity index (χ0v) is 14.3. The van der Waals surface area contributed by atoms with Crippen molar-refractivity contribution < 1.29 is 22.0 Å². The summed E-state index contributed by atoms with van der Waals surface area (Å²) in [7, 11) is 0. The quantitative estimate of drug-likeness (QED) is 0.430. The lowest BCUT2D eigenvalue weighted by atomic mass is 10.3. The van der Waals surface area contributed by atoms with Crippen LogP contribution in [0.5, 0.6) is 0 Å². The molecule has 26 heavy (non-hydrogen) atoms. The number of anilines is 1. The number of halogens is 6. The number of hydrogen-bond acceptors (Lipinski definition) is 3. The van der Waals surface area contributed by atoms with Gasteiger partial charge in [-0.05, 0) is 30.3 Å². The van der Waals surface area contributed by atoms with E-state index in [1.54, 1.807) is 18.3 Å². The fraction of sp³-hybridized carbons (Fsp3) is 0.0625. The van der Waals surface area contributed by atoms with Crippen LogP contribution in [-0.2, 0) is 6.18 Å². The predicted octanol–water partition coefficient (Wildman–Crippen LogP) is 5.94. The first-order valence-electron chi connectivity index (χ1n) is 7.03. The maximum atomic E-state index is 13.2. The Hall–Kier alpha value is -2.26. The molecule has 10 heteroatoms. The summed E-state index contributed by atoms with van der Waals surface area (Å²) in [5.74, 6) is -1.38. The third-order valence-electron chi connectivity index (χ3n) is 3.22. The maximum Gasteiger partial charge on any atom is 0.417 e. The van der Waals surface area contributed by atoms with Gasteiger partial charge in [-0.2, -0.15) is 13.2 Å². The van der Waals surface area contributed by atoms with E-state index in [9.17, 15) is 22.0 Å². The molecular formula is C16H9ClF5N3S. The van der Waals surface area contributed by atoms with Gasteiger partial charge in [0.2, 0.25) is 0 Å². The van der Waals surface area contributed by atoms with E-state index in [4.69, 9.17) is 11.6 Å². The van der Waals surface area contributed by atoms with E-state index in [0.717, 1.165) is 36.2 Å². The summed E-state index contributed by atoms with van der Waals surface area (Å²) < 4.78 is 68.8. The third kappa shape index (κ3) is 4.10. The molecule has 0 saturated heterocycles. The van der Waals surface area contributed by atoms with Gasteiger partial charge in [0.05, 0.1) is 16.3 Å². The Morgan fingerprint density at radius 1 is 1.08 bits per heavy atom. The fourth-order valence-electron chi connectivity index (χ4n) is 2.11. The highest BCUT2D eigenvalue weighted by Gasteiger charge is 2.31. The Balaban J connectivity index is 1.85. The number of nitrogens with one attached hydrogen (secondary N) is 1. The van der Waals surface area contributed by atoms with Crippen molar-refractivity contribution in [2.75, 3.05) is 4.72 Å². The number of benzene rings is 1. The molecule has 3 aromatic rings. The highest BCUT2D eigenvalue weighted by atomic mass is 35.5. The van der Waals surface area contributed by atoms with E-state index in [-0.39, 0.29) is 16.5 Å². The molecule has 136 valence electrons. The van der Waals surface area contributed by atoms with E-state index in [1.807, 2.05) is 0 Å². The van der Waals surface area contributed by atoms with Crippen LogP contribution in [0.4, 0.5) is 27.6 Å². The first kappa shape index (κ1) is 18.5. The van der Waals surface area contributed by atoms with Crippen LogP contribution in [0.25, 0.3) is 5.82 Å². The summed E-state index contributed by atoms with van der Waals surface area (Å²) >= 11 is 6.94. The van der Waals surface area contributed by atoms with Crippen LogP contribution < -0.4 is 4.72 Å². The monoisotopic (exact) mass is 405 g/mol. The molecule has 0 amide bonds. The molecular weight excluding hydrogens is 397 g/mol. The second-order valence-electron chi connectivity index (χ2n) is 5.11. The minimum Gasteiger partial charge on any atom is -0.324 e. The summed E-state index contributed by atoms with van der Waals surface area (Å²) in [6.07, 6.45) is -2.31. The van der Waals surface area contributed by atoms with Crippen LogP contribution in [0.1, 0.15) is 5.56 Å². The Labute approximate surface area is 153 Å². The largest absolute Gasteiger partial charge is 0.417 e. The lowest BCUT2D eigenvalue weighted by molar-refractivity contribution is -0.137. The molecule has 3 nitrogen and oxygen atoms in total. The van der Waals surface area contributed by atoms with E-state index < -0.39 is 23.4 Å². The van der Waals surface area contributed by atoms with E-state index >= 15 is 0 Å². The van der Waals surface area contributed by atoms with Crippen molar-refractivity contribution in [3.05, 3.63) is 71.0 Å². The molecule has 2 heterocycles. The van der Waals surface area contributed by atoms with Crippen molar-refractivity contribution in [3.8, 4) is 5.82 Å². The second kappa shape index (κ2) is 7.16. The van der Waals surface area contributed by atoms with Crippen molar-refractivity contribution in [1.82, 2.24) is 9.55 Å². The molecule has 0 radical (unpaired) electrons. The van der Waals surface area contributed by atoms with Crippen LogP contribution in [0, 0.1) is 11.6 Å². The van der Waals surface area contributed by atoms with Gasteiger partial charge >= 0.3 is 6.18 Å². The van der Waals surface area contributed by atoms with Gasteiger partial charge < -0.3 is 4.72 Å². The van der Waals surface area contributed by atoms with Gasteiger partial charge in [-0.25, -0.2) is 13.8 Å². The Bertz CT molecular complexity index is 922. The second-order valence-corrected chi connectivity index (χ2v) is 6.34. The van der Waals surface area contributed by atoms with Crippen LogP contribution in [-0.4, -0.2) is 9.55 Å². The van der Waals surface area contributed by atoms with Gasteiger partial charge in [0.1, 0.15) is 16.7 Å². The Morgan fingerprint density at radius 2 is 1.77 bits per heavy atom. The lowest BCUT2D eigenvalue weighted by Crippen LogP contribution is -2.08. The van der Waals surface area contributed by atoms with Crippen molar-refractivity contribution >= 4 is 29.2 Å². The Kier molecular flexibility index (Phi) is 5.10. The summed E-state index contributed by atoms with van der Waals surface area (Å²) in [4.78, 5) is 3.78. The molecule has 0 saturated carbocycles. The minimum atomic E-state index is -4.55. The number of aromatic nitrogens is 2. The SMILES string of the molecule is Fc1cc(F)cc(NSc2cccn2-c2ncc(C(F)(F)F)cc2Cl)c1. The highest BCUT2D eigenvalue weighted by molar-refractivity contribution is 8.00. The average molecular weight is 406 g/mol. The molecule has 0 unspecified atom stereocenters. The third-order valence-corrected chi connectivity index (χ3v) is 4.38. The molecule has 0 aliphatic heterocycles. The summed E-state index contributed by atoms with van der Waals surface area (Å²) in [6.45, 7) is 0. The molecule has 0 aliphatic carbocycles. The number of alkyl halides is 3. The standard InChI is InChI=1S/C16H9ClF5N3S/c17-13-4-9(16(20,21)22)8-23-15(13)25-3-1-2-14(25)26-24-12-6-10(18)5-11(19)7-12/h1-8,24H.